The molecule has 4 nitrogen and oxygen atoms in total. The van der Waals surface area contributed by atoms with E-state index < -0.39 is 0 Å². The number of carbonyl (C=O) groups is 1. The van der Waals surface area contributed by atoms with E-state index in [1.165, 1.54) is 0 Å². The first-order valence-electron chi connectivity index (χ1n) is 6.43. The Labute approximate surface area is 123 Å². The summed E-state index contributed by atoms with van der Waals surface area (Å²) in [6, 6.07) is 0.182. The summed E-state index contributed by atoms with van der Waals surface area (Å²) in [5.41, 5.74) is 1.05. The van der Waals surface area contributed by atoms with Gasteiger partial charge in [-0.05, 0) is 27.2 Å². The van der Waals surface area contributed by atoms with Crippen LogP contribution in [0.1, 0.15) is 31.0 Å². The average molecular weight is 302 g/mol. The fourth-order valence-corrected chi connectivity index (χ4v) is 3.23. The summed E-state index contributed by atoms with van der Waals surface area (Å²) in [4.78, 5) is 18.3. The van der Waals surface area contributed by atoms with Crippen LogP contribution in [0.5, 0.6) is 0 Å². The van der Waals surface area contributed by atoms with Crippen molar-refractivity contribution in [2.24, 2.45) is 0 Å². The summed E-state index contributed by atoms with van der Waals surface area (Å²) >= 11 is 3.24. The van der Waals surface area contributed by atoms with Crippen molar-refractivity contribution < 1.29 is 9.90 Å². The van der Waals surface area contributed by atoms with E-state index in [9.17, 15) is 4.79 Å². The van der Waals surface area contributed by atoms with Crippen LogP contribution in [-0.4, -0.2) is 45.8 Å². The summed E-state index contributed by atoms with van der Waals surface area (Å²) in [5.74, 6) is 1.39. The van der Waals surface area contributed by atoms with Gasteiger partial charge in [-0.2, -0.15) is 0 Å². The zero-order valence-corrected chi connectivity index (χ0v) is 13.4. The highest BCUT2D eigenvalue weighted by molar-refractivity contribution is 7.99. The first-order chi connectivity index (χ1) is 9.04. The molecule has 0 unspecified atom stereocenters. The minimum absolute atomic E-state index is 0.127. The SMILES string of the molecule is Cc1nc(CSCC(=O)N(CCCO)C(C)C)cs1. The van der Waals surface area contributed by atoms with Crippen molar-refractivity contribution >= 4 is 29.0 Å². The number of thioether (sulfide) groups is 1. The average Bonchev–Trinajstić information content (AvgIpc) is 2.75. The van der Waals surface area contributed by atoms with E-state index in [0.29, 0.717) is 18.7 Å². The molecule has 1 amide bonds. The highest BCUT2D eigenvalue weighted by Crippen LogP contribution is 2.16. The van der Waals surface area contributed by atoms with Gasteiger partial charge in [-0.1, -0.05) is 0 Å². The Morgan fingerprint density at radius 1 is 1.58 bits per heavy atom. The van der Waals surface area contributed by atoms with Gasteiger partial charge in [0, 0.05) is 30.3 Å². The molecule has 0 fully saturated rings. The molecular weight excluding hydrogens is 280 g/mol. The fourth-order valence-electron chi connectivity index (χ4n) is 1.71. The van der Waals surface area contributed by atoms with Gasteiger partial charge in [0.1, 0.15) is 0 Å². The van der Waals surface area contributed by atoms with Crippen molar-refractivity contribution in [3.8, 4) is 0 Å². The number of aromatic nitrogens is 1. The number of rotatable bonds is 8. The van der Waals surface area contributed by atoms with Gasteiger partial charge < -0.3 is 10.0 Å². The molecule has 0 spiro atoms. The number of hydrogen-bond acceptors (Lipinski definition) is 5. The van der Waals surface area contributed by atoms with Gasteiger partial charge in [0.15, 0.2) is 0 Å². The maximum atomic E-state index is 12.1. The number of aliphatic hydroxyl groups is 1. The lowest BCUT2D eigenvalue weighted by atomic mass is 10.3. The van der Waals surface area contributed by atoms with Crippen molar-refractivity contribution in [2.75, 3.05) is 18.9 Å². The monoisotopic (exact) mass is 302 g/mol. The van der Waals surface area contributed by atoms with Crippen molar-refractivity contribution in [3.05, 3.63) is 16.1 Å². The normalized spacial score (nSPS) is 11.0. The van der Waals surface area contributed by atoms with Gasteiger partial charge in [0.25, 0.3) is 0 Å². The summed E-state index contributed by atoms with van der Waals surface area (Å²) in [6.45, 7) is 6.75. The molecule has 0 radical (unpaired) electrons. The largest absolute Gasteiger partial charge is 0.396 e. The van der Waals surface area contributed by atoms with Crippen molar-refractivity contribution in [1.82, 2.24) is 9.88 Å². The smallest absolute Gasteiger partial charge is 0.232 e. The Bertz CT molecular complexity index is 394. The van der Waals surface area contributed by atoms with Gasteiger partial charge in [-0.15, -0.1) is 23.1 Å². The maximum Gasteiger partial charge on any atom is 0.232 e. The van der Waals surface area contributed by atoms with E-state index in [1.54, 1.807) is 23.1 Å². The molecule has 1 N–H and O–H groups in total. The molecule has 1 aromatic heterocycles. The Kier molecular flexibility index (Phi) is 7.41. The van der Waals surface area contributed by atoms with Gasteiger partial charge in [-0.25, -0.2) is 4.98 Å². The fraction of sp³-hybridized carbons (Fsp3) is 0.692. The van der Waals surface area contributed by atoms with Crippen LogP contribution in [0.15, 0.2) is 5.38 Å². The highest BCUT2D eigenvalue weighted by Gasteiger charge is 2.16. The third-order valence-corrected chi connectivity index (χ3v) is 4.42. The third-order valence-electron chi connectivity index (χ3n) is 2.64. The zero-order valence-electron chi connectivity index (χ0n) is 11.8. The van der Waals surface area contributed by atoms with Crippen LogP contribution in [-0.2, 0) is 10.5 Å². The standard InChI is InChI=1S/C13H22N2O2S2/c1-10(2)15(5-4-6-16)13(17)9-18-7-12-8-19-11(3)14-12/h8,10,16H,4-7,9H2,1-3H3. The van der Waals surface area contributed by atoms with E-state index in [0.717, 1.165) is 16.5 Å². The van der Waals surface area contributed by atoms with Crippen LogP contribution in [0.3, 0.4) is 0 Å². The summed E-state index contributed by atoms with van der Waals surface area (Å²) < 4.78 is 0. The molecule has 19 heavy (non-hydrogen) atoms. The lowest BCUT2D eigenvalue weighted by Crippen LogP contribution is -2.39. The summed E-state index contributed by atoms with van der Waals surface area (Å²) in [7, 11) is 0. The van der Waals surface area contributed by atoms with Crippen molar-refractivity contribution in [2.45, 2.75) is 39.0 Å². The number of thiazole rings is 1. The Morgan fingerprint density at radius 2 is 2.32 bits per heavy atom. The molecule has 0 aliphatic rings. The van der Waals surface area contributed by atoms with Crippen LogP contribution >= 0.6 is 23.1 Å². The highest BCUT2D eigenvalue weighted by atomic mass is 32.2. The second-order valence-corrected chi connectivity index (χ2v) is 6.66. The molecule has 0 aliphatic carbocycles. The summed E-state index contributed by atoms with van der Waals surface area (Å²) in [5, 5.41) is 12.0. The van der Waals surface area contributed by atoms with Gasteiger partial charge >= 0.3 is 0 Å². The van der Waals surface area contributed by atoms with Crippen LogP contribution in [0.2, 0.25) is 0 Å². The quantitative estimate of drug-likeness (QED) is 0.800. The van der Waals surface area contributed by atoms with Crippen LogP contribution in [0.25, 0.3) is 0 Å². The van der Waals surface area contributed by atoms with Crippen LogP contribution < -0.4 is 0 Å². The molecule has 0 bridgehead atoms. The number of amides is 1. The Balaban J connectivity index is 2.35. The topological polar surface area (TPSA) is 53.4 Å². The molecular formula is C13H22N2O2S2. The van der Waals surface area contributed by atoms with Crippen LogP contribution in [0, 0.1) is 6.92 Å². The summed E-state index contributed by atoms with van der Waals surface area (Å²) in [6.07, 6.45) is 0.639. The molecule has 0 aromatic carbocycles. The van der Waals surface area contributed by atoms with Crippen molar-refractivity contribution in [1.29, 1.82) is 0 Å². The second-order valence-electron chi connectivity index (χ2n) is 4.61. The van der Waals surface area contributed by atoms with Crippen LogP contribution in [0.4, 0.5) is 0 Å². The molecule has 1 rings (SSSR count). The molecule has 1 aromatic rings. The lowest BCUT2D eigenvalue weighted by molar-refractivity contribution is -0.130. The van der Waals surface area contributed by atoms with E-state index in [2.05, 4.69) is 4.98 Å². The number of nitrogens with zero attached hydrogens (tertiary/aromatic N) is 2. The molecule has 0 aliphatic heterocycles. The number of carbonyl (C=O) groups excluding carboxylic acids is 1. The number of aryl methyl sites for hydroxylation is 1. The van der Waals surface area contributed by atoms with E-state index >= 15 is 0 Å². The molecule has 0 saturated heterocycles. The molecule has 0 atom stereocenters. The third kappa shape index (κ3) is 5.93. The van der Waals surface area contributed by atoms with E-state index in [4.69, 9.17) is 5.11 Å². The van der Waals surface area contributed by atoms with Gasteiger partial charge in [0.05, 0.1) is 16.5 Å². The second kappa shape index (κ2) is 8.55. The van der Waals surface area contributed by atoms with Gasteiger partial charge in [0.2, 0.25) is 5.91 Å². The maximum absolute atomic E-state index is 12.1. The molecule has 6 heteroatoms. The van der Waals surface area contributed by atoms with Gasteiger partial charge in [-0.3, -0.25) is 4.79 Å². The number of hydrogen-bond donors (Lipinski definition) is 1. The lowest BCUT2D eigenvalue weighted by Gasteiger charge is -2.26. The first-order valence-corrected chi connectivity index (χ1v) is 8.47. The molecule has 1 heterocycles. The van der Waals surface area contributed by atoms with E-state index in [-0.39, 0.29) is 18.6 Å². The first kappa shape index (κ1) is 16.5. The molecule has 0 saturated carbocycles. The Morgan fingerprint density at radius 3 is 2.84 bits per heavy atom. The molecule has 108 valence electrons. The zero-order chi connectivity index (χ0) is 14.3. The predicted octanol–water partition coefficient (Wildman–Crippen LogP) is 2.30. The van der Waals surface area contributed by atoms with E-state index in [1.807, 2.05) is 31.1 Å². The minimum atomic E-state index is 0.127. The Hall–Kier alpha value is -0.590. The minimum Gasteiger partial charge on any atom is -0.396 e. The van der Waals surface area contributed by atoms with Crippen molar-refractivity contribution in [3.63, 3.8) is 0 Å². The number of aliphatic hydroxyl groups excluding tert-OH is 1. The predicted molar refractivity (Wildman–Crippen MR) is 81.6 cm³/mol.